The van der Waals surface area contributed by atoms with Gasteiger partial charge in [-0.25, -0.2) is 0 Å². The molecule has 2 nitrogen and oxygen atoms in total. The summed E-state index contributed by atoms with van der Waals surface area (Å²) >= 11 is 0. The van der Waals surface area contributed by atoms with Crippen LogP contribution in [0.3, 0.4) is 0 Å². The number of unbranched alkanes of at least 4 members (excludes halogenated alkanes) is 7. The van der Waals surface area contributed by atoms with Crippen molar-refractivity contribution in [1.82, 2.24) is 0 Å². The normalized spacial score (nSPS) is 12.7. The molecule has 2 aromatic carbocycles. The Morgan fingerprint density at radius 1 is 0.528 bits per heavy atom. The third kappa shape index (κ3) is 8.68. The highest BCUT2D eigenvalue weighted by molar-refractivity contribution is 6.99. The van der Waals surface area contributed by atoms with Crippen LogP contribution in [0.2, 0.25) is 23.2 Å². The molecule has 0 spiro atoms. The number of hydrogen-bond acceptors (Lipinski definition) is 2. The molecule has 0 unspecified atom stereocenters. The molecule has 0 aromatic heterocycles. The Morgan fingerprint density at radius 2 is 0.889 bits per heavy atom. The van der Waals surface area contributed by atoms with Crippen LogP contribution in [0.25, 0.3) is 0 Å². The molecule has 0 amide bonds. The first-order valence-corrected chi connectivity index (χ1v) is 19.2. The Labute approximate surface area is 225 Å². The van der Waals surface area contributed by atoms with Gasteiger partial charge in [0.2, 0.25) is 0 Å². The summed E-state index contributed by atoms with van der Waals surface area (Å²) in [6.45, 7) is 15.9. The summed E-state index contributed by atoms with van der Waals surface area (Å²) < 4.78 is 13.4. The zero-order valence-electron chi connectivity index (χ0n) is 24.3. The molecule has 0 atom stereocenters. The van der Waals surface area contributed by atoms with E-state index in [4.69, 9.17) is 8.85 Å². The molecule has 202 valence electrons. The van der Waals surface area contributed by atoms with Crippen LogP contribution in [0.1, 0.15) is 92.9 Å². The average Bonchev–Trinajstić information content (AvgIpc) is 2.90. The van der Waals surface area contributed by atoms with Crippen LogP contribution >= 0.6 is 0 Å². The zero-order chi connectivity index (χ0) is 26.3. The molecule has 0 saturated carbocycles. The van der Waals surface area contributed by atoms with Gasteiger partial charge in [-0.1, -0.05) is 141 Å². The fourth-order valence-corrected chi connectivity index (χ4v) is 12.9. The van der Waals surface area contributed by atoms with E-state index in [0.717, 1.165) is 19.6 Å². The summed E-state index contributed by atoms with van der Waals surface area (Å²) in [5.41, 5.74) is 0. The first-order valence-electron chi connectivity index (χ1n) is 14.7. The predicted octanol–water partition coefficient (Wildman–Crippen LogP) is 8.71. The maximum atomic E-state index is 7.02. The van der Waals surface area contributed by atoms with Gasteiger partial charge in [0.25, 0.3) is 8.32 Å². The maximum absolute atomic E-state index is 7.02. The quantitative estimate of drug-likeness (QED) is 0.143. The van der Waals surface area contributed by atoms with Crippen LogP contribution in [0.4, 0.5) is 0 Å². The van der Waals surface area contributed by atoms with Gasteiger partial charge in [0.05, 0.1) is 0 Å². The monoisotopic (exact) mass is 526 g/mol. The Kier molecular flexibility index (Phi) is 13.7. The van der Waals surface area contributed by atoms with Gasteiger partial charge in [-0.15, -0.1) is 0 Å². The zero-order valence-corrected chi connectivity index (χ0v) is 26.3. The second-order valence-corrected chi connectivity index (χ2v) is 20.5. The van der Waals surface area contributed by atoms with Gasteiger partial charge < -0.3 is 8.85 Å². The number of benzene rings is 2. The third-order valence-corrected chi connectivity index (χ3v) is 17.8. The van der Waals surface area contributed by atoms with Crippen molar-refractivity contribution in [3.63, 3.8) is 0 Å². The summed E-state index contributed by atoms with van der Waals surface area (Å²) in [5, 5.41) is 2.82. The van der Waals surface area contributed by atoms with Crippen molar-refractivity contribution in [2.24, 2.45) is 0 Å². The van der Waals surface area contributed by atoms with Gasteiger partial charge in [0, 0.05) is 13.2 Å². The van der Waals surface area contributed by atoms with Crippen molar-refractivity contribution < 1.29 is 8.85 Å². The molecule has 0 bridgehead atoms. The van der Waals surface area contributed by atoms with Crippen molar-refractivity contribution in [2.45, 2.75) is 116 Å². The lowest BCUT2D eigenvalue weighted by Crippen LogP contribution is -2.66. The minimum Gasteiger partial charge on any atom is -0.417 e. The van der Waals surface area contributed by atoms with Crippen LogP contribution in [0.15, 0.2) is 60.7 Å². The van der Waals surface area contributed by atoms with Gasteiger partial charge >= 0.3 is 0 Å². The molecule has 2 rings (SSSR count). The third-order valence-electron chi connectivity index (χ3n) is 8.12. The highest BCUT2D eigenvalue weighted by atomic mass is 28.4. The standard InChI is InChI=1S/C32H54O2Si2/c1-7-35(8-2,9-3)33-28-22-14-12-10-11-13-15-23-29-34-36(32(4,5)6,30-24-18-16-19-25-30)31-26-20-17-21-27-31/h16-21,24-27H,7-15,22-23,28-29H2,1-6H3. The van der Waals surface area contributed by atoms with Gasteiger partial charge in [0.1, 0.15) is 0 Å². The van der Waals surface area contributed by atoms with E-state index in [2.05, 4.69) is 102 Å². The molecule has 0 saturated heterocycles. The minimum absolute atomic E-state index is 0.0625. The van der Waals surface area contributed by atoms with E-state index in [-0.39, 0.29) is 5.04 Å². The molecule has 0 heterocycles. The minimum atomic E-state index is -2.37. The Bertz CT molecular complexity index is 765. The first kappa shape index (κ1) is 31.0. The van der Waals surface area contributed by atoms with Gasteiger partial charge in [0.15, 0.2) is 8.32 Å². The molecule has 0 fully saturated rings. The Morgan fingerprint density at radius 3 is 1.25 bits per heavy atom. The van der Waals surface area contributed by atoms with Crippen LogP contribution in [-0.2, 0) is 8.85 Å². The molecular formula is C32H54O2Si2. The van der Waals surface area contributed by atoms with Crippen LogP contribution < -0.4 is 10.4 Å². The molecular weight excluding hydrogens is 473 g/mol. The van der Waals surface area contributed by atoms with Gasteiger partial charge in [-0.3, -0.25) is 0 Å². The van der Waals surface area contributed by atoms with E-state index in [9.17, 15) is 0 Å². The summed E-state index contributed by atoms with van der Waals surface area (Å²) in [6.07, 6.45) is 10.3. The maximum Gasteiger partial charge on any atom is 0.261 e. The second-order valence-electron chi connectivity index (χ2n) is 11.4. The van der Waals surface area contributed by atoms with Crippen molar-refractivity contribution >= 4 is 27.0 Å². The number of rotatable bonds is 18. The van der Waals surface area contributed by atoms with Crippen LogP contribution in [0, 0.1) is 0 Å². The molecule has 36 heavy (non-hydrogen) atoms. The summed E-state index contributed by atoms with van der Waals surface area (Å²) in [6, 6.07) is 25.8. The van der Waals surface area contributed by atoms with E-state index in [1.807, 2.05) is 0 Å². The molecule has 0 N–H and O–H groups in total. The van der Waals surface area contributed by atoms with Gasteiger partial charge in [-0.2, -0.15) is 0 Å². The second kappa shape index (κ2) is 15.9. The van der Waals surface area contributed by atoms with Crippen LogP contribution in [-0.4, -0.2) is 29.8 Å². The summed E-state index contributed by atoms with van der Waals surface area (Å²) in [4.78, 5) is 0. The summed E-state index contributed by atoms with van der Waals surface area (Å²) in [5.74, 6) is 0. The average molecular weight is 527 g/mol. The lowest BCUT2D eigenvalue weighted by molar-refractivity contribution is 0.284. The topological polar surface area (TPSA) is 18.5 Å². The predicted molar refractivity (Wildman–Crippen MR) is 164 cm³/mol. The van der Waals surface area contributed by atoms with Crippen molar-refractivity contribution in [1.29, 1.82) is 0 Å². The lowest BCUT2D eigenvalue weighted by Gasteiger charge is -2.43. The molecule has 0 radical (unpaired) electrons. The highest BCUT2D eigenvalue weighted by Crippen LogP contribution is 2.36. The van der Waals surface area contributed by atoms with Crippen molar-refractivity contribution in [2.75, 3.05) is 13.2 Å². The summed E-state index contributed by atoms with van der Waals surface area (Å²) in [7, 11) is -3.76. The van der Waals surface area contributed by atoms with Crippen molar-refractivity contribution in [3.05, 3.63) is 60.7 Å². The number of hydrogen-bond donors (Lipinski definition) is 0. The molecule has 4 heteroatoms. The van der Waals surface area contributed by atoms with E-state index in [0.29, 0.717) is 0 Å². The van der Waals surface area contributed by atoms with E-state index < -0.39 is 16.6 Å². The first-order chi connectivity index (χ1) is 17.3. The van der Waals surface area contributed by atoms with E-state index in [1.54, 1.807) is 0 Å². The Balaban J connectivity index is 1.75. The van der Waals surface area contributed by atoms with E-state index >= 15 is 0 Å². The lowest BCUT2D eigenvalue weighted by atomic mass is 10.1. The fraction of sp³-hybridized carbons (Fsp3) is 0.625. The fourth-order valence-electron chi connectivity index (χ4n) is 5.60. The van der Waals surface area contributed by atoms with E-state index in [1.165, 1.54) is 73.5 Å². The highest BCUT2D eigenvalue weighted by Gasteiger charge is 2.49. The molecule has 0 aliphatic rings. The molecule has 2 aromatic rings. The largest absolute Gasteiger partial charge is 0.417 e. The molecule has 0 aliphatic carbocycles. The smallest absolute Gasteiger partial charge is 0.261 e. The van der Waals surface area contributed by atoms with Crippen molar-refractivity contribution in [3.8, 4) is 0 Å². The van der Waals surface area contributed by atoms with Gasteiger partial charge in [-0.05, 0) is 46.4 Å². The van der Waals surface area contributed by atoms with Crippen LogP contribution in [0.5, 0.6) is 0 Å². The SMILES string of the molecule is CC[Si](CC)(CC)OCCCCCCCCCCO[Si](c1ccccc1)(c1ccccc1)C(C)(C)C. The Hall–Kier alpha value is -1.21. The molecule has 0 aliphatic heterocycles.